The highest BCUT2D eigenvalue weighted by Gasteiger charge is 2.33. The van der Waals surface area contributed by atoms with Crippen LogP contribution < -0.4 is 0 Å². The molecular weight excluding hydrogens is 474 g/mol. The fraction of sp³-hybridized carbons (Fsp3) is 0.0714. The Morgan fingerprint density at radius 2 is 1.78 bits per heavy atom. The highest BCUT2D eigenvalue weighted by molar-refractivity contribution is 8.18. The molecule has 1 aromatic heterocycles. The Balaban J connectivity index is 1.46. The number of aryl methyl sites for hydroxylation is 1. The highest BCUT2D eigenvalue weighted by Crippen LogP contribution is 2.36. The number of aliphatic imine (C=N–C) groups is 1. The molecule has 0 saturated carbocycles. The van der Waals surface area contributed by atoms with Gasteiger partial charge in [0.25, 0.3) is 11.6 Å². The van der Waals surface area contributed by atoms with Crippen LogP contribution in [-0.2, 0) is 11.3 Å². The molecule has 3 aromatic carbocycles. The van der Waals surface area contributed by atoms with Crippen LogP contribution in [0.15, 0.2) is 105 Å². The third-order valence-electron chi connectivity index (χ3n) is 5.57. The van der Waals surface area contributed by atoms with E-state index in [9.17, 15) is 14.9 Å². The second-order valence-corrected chi connectivity index (χ2v) is 9.24. The van der Waals surface area contributed by atoms with E-state index in [1.54, 1.807) is 35.2 Å². The maximum absolute atomic E-state index is 13.4. The maximum Gasteiger partial charge on any atom is 0.270 e. The molecule has 36 heavy (non-hydrogen) atoms. The number of hydrogen-bond donors (Lipinski definition) is 0. The first-order valence-electron chi connectivity index (χ1n) is 11.2. The summed E-state index contributed by atoms with van der Waals surface area (Å²) in [4.78, 5) is 31.0. The number of rotatable bonds is 6. The highest BCUT2D eigenvalue weighted by atomic mass is 32.2. The van der Waals surface area contributed by atoms with Gasteiger partial charge in [-0.1, -0.05) is 60.2 Å². The smallest absolute Gasteiger partial charge is 0.270 e. The molecule has 5 rings (SSSR count). The molecule has 1 saturated heterocycles. The Morgan fingerprint density at radius 1 is 1.00 bits per heavy atom. The van der Waals surface area contributed by atoms with Gasteiger partial charge >= 0.3 is 0 Å². The Labute approximate surface area is 211 Å². The number of furan rings is 1. The van der Waals surface area contributed by atoms with Crippen LogP contribution in [0.3, 0.4) is 0 Å². The summed E-state index contributed by atoms with van der Waals surface area (Å²) in [6, 6.07) is 27.3. The average Bonchev–Trinajstić information content (AvgIpc) is 3.47. The minimum absolute atomic E-state index is 0.0150. The van der Waals surface area contributed by atoms with Crippen molar-refractivity contribution in [1.82, 2.24) is 4.90 Å². The number of nitrogens with zero attached hydrogens (tertiary/aromatic N) is 3. The van der Waals surface area contributed by atoms with E-state index in [1.807, 2.05) is 61.5 Å². The van der Waals surface area contributed by atoms with E-state index in [0.29, 0.717) is 33.7 Å². The monoisotopic (exact) mass is 495 g/mol. The Kier molecular flexibility index (Phi) is 6.51. The zero-order valence-corrected chi connectivity index (χ0v) is 20.1. The standard InChI is InChI=1S/C28H21N3O4S/c1-19-10-12-22(13-11-19)29-28-30(18-20-6-3-2-4-7-20)27(32)26(36-28)17-24-14-15-25(35-24)21-8-5-9-23(16-21)31(33)34/h2-17H,18H2,1H3/b26-17+,29-28?. The molecule has 8 heteroatoms. The molecular formula is C28H21N3O4S. The van der Waals surface area contributed by atoms with Crippen molar-refractivity contribution in [3.63, 3.8) is 0 Å². The number of carbonyl (C=O) groups is 1. The first-order chi connectivity index (χ1) is 17.5. The molecule has 1 fully saturated rings. The van der Waals surface area contributed by atoms with Gasteiger partial charge in [-0.05, 0) is 48.5 Å². The number of benzene rings is 3. The SMILES string of the molecule is Cc1ccc(N=C2S/C(=C/c3ccc(-c4cccc([N+](=O)[O-])c4)o3)C(=O)N2Cc2ccccc2)cc1. The van der Waals surface area contributed by atoms with E-state index in [0.717, 1.165) is 16.8 Å². The summed E-state index contributed by atoms with van der Waals surface area (Å²) in [6.07, 6.45) is 1.68. The Morgan fingerprint density at radius 3 is 2.53 bits per heavy atom. The summed E-state index contributed by atoms with van der Waals surface area (Å²) < 4.78 is 5.91. The van der Waals surface area contributed by atoms with E-state index in [1.165, 1.54) is 23.9 Å². The number of non-ortho nitro benzene ring substituents is 1. The minimum atomic E-state index is -0.445. The average molecular weight is 496 g/mol. The summed E-state index contributed by atoms with van der Waals surface area (Å²) in [6.45, 7) is 2.41. The number of nitro groups is 1. The van der Waals surface area contributed by atoms with Gasteiger partial charge in [-0.25, -0.2) is 4.99 Å². The number of carbonyl (C=O) groups excluding carboxylic acids is 1. The van der Waals surface area contributed by atoms with Crippen molar-refractivity contribution in [3.8, 4) is 11.3 Å². The van der Waals surface area contributed by atoms with Crippen LogP contribution in [0.1, 0.15) is 16.9 Å². The second-order valence-electron chi connectivity index (χ2n) is 8.23. The van der Waals surface area contributed by atoms with Crippen molar-refractivity contribution in [1.29, 1.82) is 0 Å². The maximum atomic E-state index is 13.4. The summed E-state index contributed by atoms with van der Waals surface area (Å²) in [5.41, 5.74) is 3.47. The zero-order chi connectivity index (χ0) is 25.1. The first kappa shape index (κ1) is 23.3. The normalized spacial score (nSPS) is 15.7. The fourth-order valence-corrected chi connectivity index (χ4v) is 4.69. The van der Waals surface area contributed by atoms with Crippen LogP contribution in [0.4, 0.5) is 11.4 Å². The summed E-state index contributed by atoms with van der Waals surface area (Å²) in [7, 11) is 0. The Bertz CT molecular complexity index is 1490. The van der Waals surface area contributed by atoms with Crippen LogP contribution in [-0.4, -0.2) is 20.9 Å². The number of nitro benzene ring substituents is 1. The van der Waals surface area contributed by atoms with E-state index in [2.05, 4.69) is 0 Å². The van der Waals surface area contributed by atoms with Crippen molar-refractivity contribution < 1.29 is 14.1 Å². The third kappa shape index (κ3) is 5.13. The van der Waals surface area contributed by atoms with Gasteiger partial charge in [0, 0.05) is 23.8 Å². The number of hydrogen-bond acceptors (Lipinski definition) is 6. The molecule has 1 aliphatic rings. The van der Waals surface area contributed by atoms with Crippen molar-refractivity contribution in [2.75, 3.05) is 0 Å². The van der Waals surface area contributed by atoms with Crippen molar-refractivity contribution >= 4 is 40.3 Å². The van der Waals surface area contributed by atoms with E-state index in [4.69, 9.17) is 9.41 Å². The van der Waals surface area contributed by atoms with Gasteiger partial charge in [-0.15, -0.1) is 0 Å². The number of amidine groups is 1. The van der Waals surface area contributed by atoms with Crippen LogP contribution in [0.5, 0.6) is 0 Å². The molecule has 0 atom stereocenters. The topological polar surface area (TPSA) is 89.0 Å². The number of thioether (sulfide) groups is 1. The molecule has 2 heterocycles. The molecule has 0 N–H and O–H groups in total. The quantitative estimate of drug-likeness (QED) is 0.164. The van der Waals surface area contributed by atoms with Crippen molar-refractivity contribution in [2.45, 2.75) is 13.5 Å². The molecule has 7 nitrogen and oxygen atoms in total. The van der Waals surface area contributed by atoms with Gasteiger partial charge in [0.2, 0.25) is 0 Å². The van der Waals surface area contributed by atoms with E-state index >= 15 is 0 Å². The van der Waals surface area contributed by atoms with Gasteiger partial charge < -0.3 is 4.42 Å². The molecule has 1 aliphatic heterocycles. The molecule has 178 valence electrons. The van der Waals surface area contributed by atoms with Crippen LogP contribution >= 0.6 is 11.8 Å². The van der Waals surface area contributed by atoms with Gasteiger partial charge in [-0.2, -0.15) is 0 Å². The number of amides is 1. The van der Waals surface area contributed by atoms with Crippen LogP contribution in [0, 0.1) is 17.0 Å². The van der Waals surface area contributed by atoms with E-state index < -0.39 is 4.92 Å². The largest absolute Gasteiger partial charge is 0.457 e. The summed E-state index contributed by atoms with van der Waals surface area (Å²) in [5, 5.41) is 11.7. The first-order valence-corrected chi connectivity index (χ1v) is 12.0. The van der Waals surface area contributed by atoms with Gasteiger partial charge in [0.15, 0.2) is 5.17 Å². The lowest BCUT2D eigenvalue weighted by Gasteiger charge is -2.15. The summed E-state index contributed by atoms with van der Waals surface area (Å²) >= 11 is 1.29. The predicted molar refractivity (Wildman–Crippen MR) is 142 cm³/mol. The van der Waals surface area contributed by atoms with Gasteiger partial charge in [-0.3, -0.25) is 19.8 Å². The molecule has 0 radical (unpaired) electrons. The molecule has 1 amide bonds. The van der Waals surface area contributed by atoms with Crippen molar-refractivity contribution in [2.24, 2.45) is 4.99 Å². The molecule has 0 aliphatic carbocycles. The van der Waals surface area contributed by atoms with Crippen LogP contribution in [0.2, 0.25) is 0 Å². The zero-order valence-electron chi connectivity index (χ0n) is 19.3. The Hall–Kier alpha value is -4.43. The molecule has 0 unspecified atom stereocenters. The van der Waals surface area contributed by atoms with Crippen LogP contribution in [0.25, 0.3) is 17.4 Å². The molecule has 0 bridgehead atoms. The summed E-state index contributed by atoms with van der Waals surface area (Å²) in [5.74, 6) is 0.794. The lowest BCUT2D eigenvalue weighted by molar-refractivity contribution is -0.384. The van der Waals surface area contributed by atoms with E-state index in [-0.39, 0.29) is 11.6 Å². The lowest BCUT2D eigenvalue weighted by atomic mass is 10.1. The molecule has 0 spiro atoms. The minimum Gasteiger partial charge on any atom is -0.457 e. The second kappa shape index (κ2) is 10.1. The van der Waals surface area contributed by atoms with Gasteiger partial charge in [0.1, 0.15) is 11.5 Å². The lowest BCUT2D eigenvalue weighted by Crippen LogP contribution is -2.28. The molecule has 4 aromatic rings. The predicted octanol–water partition coefficient (Wildman–Crippen LogP) is 6.97. The van der Waals surface area contributed by atoms with Gasteiger partial charge in [0.05, 0.1) is 22.1 Å². The van der Waals surface area contributed by atoms with Crippen molar-refractivity contribution in [3.05, 3.63) is 123 Å². The fourth-order valence-electron chi connectivity index (χ4n) is 3.71. The third-order valence-corrected chi connectivity index (χ3v) is 6.58.